The number of aromatic carboxylic acids is 1. The Kier molecular flexibility index (Phi) is 1.37. The molecular formula is C9H6N4O2. The quantitative estimate of drug-likeness (QED) is 0.614. The van der Waals surface area contributed by atoms with Gasteiger partial charge >= 0.3 is 5.97 Å². The molecule has 0 fully saturated rings. The Morgan fingerprint density at radius 1 is 1.33 bits per heavy atom. The van der Waals surface area contributed by atoms with Gasteiger partial charge in [-0.1, -0.05) is 12.1 Å². The highest BCUT2D eigenvalue weighted by molar-refractivity contribution is 5.85. The zero-order valence-corrected chi connectivity index (χ0v) is 7.51. The molecule has 0 aliphatic heterocycles. The number of carbonyl (C=O) groups is 1. The highest BCUT2D eigenvalue weighted by Crippen LogP contribution is 2.14. The smallest absolute Gasteiger partial charge is 0.373 e. The van der Waals surface area contributed by atoms with Crippen LogP contribution >= 0.6 is 0 Å². The molecule has 0 aliphatic carbocycles. The van der Waals surface area contributed by atoms with Gasteiger partial charge in [0.05, 0.1) is 11.0 Å². The number of rotatable bonds is 1. The number of carboxylic acids is 1. The molecule has 0 bridgehead atoms. The van der Waals surface area contributed by atoms with Gasteiger partial charge in [-0.15, -0.1) is 0 Å². The lowest BCUT2D eigenvalue weighted by Crippen LogP contribution is -1.99. The normalized spacial score (nSPS) is 11.2. The highest BCUT2D eigenvalue weighted by Gasteiger charge is 2.12. The number of para-hydroxylation sites is 2. The molecule has 0 aliphatic rings. The molecule has 6 nitrogen and oxygen atoms in total. The van der Waals surface area contributed by atoms with Gasteiger partial charge in [0.15, 0.2) is 0 Å². The summed E-state index contributed by atoms with van der Waals surface area (Å²) in [7, 11) is 0. The summed E-state index contributed by atoms with van der Waals surface area (Å²) >= 11 is 0. The second kappa shape index (κ2) is 2.57. The van der Waals surface area contributed by atoms with Crippen molar-refractivity contribution >= 4 is 22.8 Å². The van der Waals surface area contributed by atoms with Crippen molar-refractivity contribution in [2.24, 2.45) is 0 Å². The van der Waals surface area contributed by atoms with E-state index < -0.39 is 5.97 Å². The van der Waals surface area contributed by atoms with E-state index in [2.05, 4.69) is 15.1 Å². The molecule has 1 aromatic carbocycles. The fourth-order valence-electron chi connectivity index (χ4n) is 1.53. The van der Waals surface area contributed by atoms with Crippen LogP contribution in [-0.4, -0.2) is 30.7 Å². The Morgan fingerprint density at radius 3 is 2.93 bits per heavy atom. The first kappa shape index (κ1) is 7.98. The van der Waals surface area contributed by atoms with Crippen molar-refractivity contribution in [1.29, 1.82) is 0 Å². The average molecular weight is 202 g/mol. The van der Waals surface area contributed by atoms with Crippen molar-refractivity contribution < 1.29 is 9.90 Å². The third kappa shape index (κ3) is 1.01. The van der Waals surface area contributed by atoms with Crippen LogP contribution in [0.15, 0.2) is 24.3 Å². The number of benzene rings is 1. The predicted molar refractivity (Wildman–Crippen MR) is 51.8 cm³/mol. The van der Waals surface area contributed by atoms with Crippen LogP contribution in [0.3, 0.4) is 0 Å². The molecule has 15 heavy (non-hydrogen) atoms. The first-order chi connectivity index (χ1) is 7.25. The van der Waals surface area contributed by atoms with E-state index in [9.17, 15) is 4.79 Å². The summed E-state index contributed by atoms with van der Waals surface area (Å²) in [4.78, 5) is 18.7. The number of imidazole rings is 1. The fraction of sp³-hybridized carbons (Fsp3) is 0. The van der Waals surface area contributed by atoms with Crippen molar-refractivity contribution in [3.05, 3.63) is 30.1 Å². The molecule has 0 amide bonds. The second-order valence-electron chi connectivity index (χ2n) is 3.11. The van der Waals surface area contributed by atoms with Crippen molar-refractivity contribution in [3.63, 3.8) is 0 Å². The van der Waals surface area contributed by atoms with Crippen LogP contribution in [0.1, 0.15) is 10.6 Å². The summed E-state index contributed by atoms with van der Waals surface area (Å²) in [5.74, 6) is -0.832. The van der Waals surface area contributed by atoms with E-state index in [0.29, 0.717) is 5.78 Å². The van der Waals surface area contributed by atoms with Gasteiger partial charge in [0.25, 0.3) is 5.78 Å². The number of aromatic amines is 1. The predicted octanol–water partition coefficient (Wildman–Crippen LogP) is 0.909. The van der Waals surface area contributed by atoms with E-state index in [4.69, 9.17) is 5.11 Å². The molecule has 0 spiro atoms. The van der Waals surface area contributed by atoms with Crippen LogP contribution in [0.25, 0.3) is 16.8 Å². The zero-order chi connectivity index (χ0) is 10.4. The number of H-pyrrole nitrogens is 1. The lowest BCUT2D eigenvalue weighted by atomic mass is 10.3. The Balaban J connectivity index is 2.42. The van der Waals surface area contributed by atoms with Gasteiger partial charge < -0.3 is 5.11 Å². The number of aromatic nitrogens is 4. The maximum absolute atomic E-state index is 10.7. The molecule has 3 rings (SSSR count). The minimum atomic E-state index is -1.09. The summed E-state index contributed by atoms with van der Waals surface area (Å²) in [5, 5.41) is 11.4. The van der Waals surface area contributed by atoms with Gasteiger partial charge in [-0.2, -0.15) is 4.98 Å². The third-order valence-corrected chi connectivity index (χ3v) is 2.18. The van der Waals surface area contributed by atoms with E-state index in [-0.39, 0.29) is 5.82 Å². The number of nitrogens with one attached hydrogen (secondary N) is 1. The molecule has 6 heteroatoms. The topological polar surface area (TPSA) is 83.3 Å². The van der Waals surface area contributed by atoms with E-state index in [0.717, 1.165) is 11.0 Å². The minimum Gasteiger partial charge on any atom is -0.475 e. The Hall–Kier alpha value is -2.37. The van der Waals surface area contributed by atoms with Crippen LogP contribution in [0.4, 0.5) is 0 Å². The van der Waals surface area contributed by atoms with Crippen molar-refractivity contribution in [2.45, 2.75) is 0 Å². The maximum atomic E-state index is 10.7. The molecule has 2 N–H and O–H groups in total. The molecule has 0 atom stereocenters. The van der Waals surface area contributed by atoms with E-state index in [1.54, 1.807) is 4.52 Å². The number of hydrogen-bond donors (Lipinski definition) is 2. The molecule has 2 heterocycles. The highest BCUT2D eigenvalue weighted by atomic mass is 16.4. The summed E-state index contributed by atoms with van der Waals surface area (Å²) in [6, 6.07) is 7.42. The summed E-state index contributed by atoms with van der Waals surface area (Å²) in [6.45, 7) is 0. The van der Waals surface area contributed by atoms with Crippen molar-refractivity contribution in [3.8, 4) is 0 Å². The van der Waals surface area contributed by atoms with Crippen LogP contribution < -0.4 is 0 Å². The summed E-state index contributed by atoms with van der Waals surface area (Å²) in [6.07, 6.45) is 0. The maximum Gasteiger partial charge on any atom is 0.373 e. The Morgan fingerprint density at radius 2 is 2.13 bits per heavy atom. The van der Waals surface area contributed by atoms with Gasteiger partial charge in [0.1, 0.15) is 0 Å². The average Bonchev–Trinajstić information content (AvgIpc) is 2.73. The van der Waals surface area contributed by atoms with Crippen LogP contribution in [-0.2, 0) is 0 Å². The number of nitrogens with zero attached hydrogens (tertiary/aromatic N) is 3. The molecule has 74 valence electrons. The zero-order valence-electron chi connectivity index (χ0n) is 7.51. The number of carboxylic acid groups (broad SMARTS) is 1. The minimum absolute atomic E-state index is 0.108. The largest absolute Gasteiger partial charge is 0.475 e. The first-order valence-corrected chi connectivity index (χ1v) is 4.32. The van der Waals surface area contributed by atoms with E-state index in [1.165, 1.54) is 0 Å². The number of fused-ring (bicyclic) bond motifs is 3. The molecular weight excluding hydrogens is 196 g/mol. The van der Waals surface area contributed by atoms with Crippen LogP contribution in [0.5, 0.6) is 0 Å². The first-order valence-electron chi connectivity index (χ1n) is 4.32. The van der Waals surface area contributed by atoms with Gasteiger partial charge in [-0.25, -0.2) is 14.3 Å². The monoisotopic (exact) mass is 202 g/mol. The lowest BCUT2D eigenvalue weighted by Gasteiger charge is -1.88. The van der Waals surface area contributed by atoms with Crippen molar-refractivity contribution in [2.75, 3.05) is 0 Å². The third-order valence-electron chi connectivity index (χ3n) is 2.18. The molecule has 0 saturated heterocycles. The lowest BCUT2D eigenvalue weighted by molar-refractivity contribution is 0.0684. The van der Waals surface area contributed by atoms with Crippen LogP contribution in [0.2, 0.25) is 0 Å². The molecule has 0 radical (unpaired) electrons. The molecule has 2 aromatic heterocycles. The molecule has 3 aromatic rings. The van der Waals surface area contributed by atoms with E-state index in [1.807, 2.05) is 24.3 Å². The van der Waals surface area contributed by atoms with Crippen LogP contribution in [0, 0.1) is 0 Å². The van der Waals surface area contributed by atoms with Gasteiger partial charge in [0.2, 0.25) is 5.82 Å². The van der Waals surface area contributed by atoms with Crippen molar-refractivity contribution in [1.82, 2.24) is 19.6 Å². The summed E-state index contributed by atoms with van der Waals surface area (Å²) < 4.78 is 1.55. The SMILES string of the molecule is O=C(O)c1nc2nc3ccccc3n2[nH]1. The van der Waals surface area contributed by atoms with Gasteiger partial charge in [-0.3, -0.25) is 5.10 Å². The second-order valence-corrected chi connectivity index (χ2v) is 3.11. The molecule has 0 saturated carbocycles. The van der Waals surface area contributed by atoms with Gasteiger partial charge in [0, 0.05) is 0 Å². The fourth-order valence-corrected chi connectivity index (χ4v) is 1.53. The molecule has 0 unspecified atom stereocenters. The Labute approximate surface area is 83.2 Å². The Bertz CT molecular complexity index is 667. The van der Waals surface area contributed by atoms with Gasteiger partial charge in [-0.05, 0) is 12.1 Å². The standard InChI is InChI=1S/C9H6N4O2/c14-8(15)7-11-9-10-5-3-1-2-4-6(5)13(9)12-7/h1-4H,(H,14,15)(H,10,11,12). The summed E-state index contributed by atoms with van der Waals surface area (Å²) in [5.41, 5.74) is 1.60. The van der Waals surface area contributed by atoms with E-state index >= 15 is 0 Å². The number of hydrogen-bond acceptors (Lipinski definition) is 3.